The molecule has 0 saturated heterocycles. The standard InChI is InChI=1S/C28H21NO2S/c30-32(31)27(23-17-9-3-10-18-23)25(21-13-5-1-6-14-21)29-26(22-15-7-2-8-16-22)28(32)24-19-11-4-12-20-24/h1-20,29H. The predicted octanol–water partition coefficient (Wildman–Crippen LogP) is 6.06. The molecule has 0 atom stereocenters. The highest BCUT2D eigenvalue weighted by atomic mass is 32.2. The van der Waals surface area contributed by atoms with Crippen LogP contribution >= 0.6 is 0 Å². The molecular formula is C28H21NO2S. The maximum atomic E-state index is 14.3. The SMILES string of the molecule is O=S1(=O)C(c2ccccc2)=C(c2ccccc2)NC(c2ccccc2)=C1c1ccccc1. The average molecular weight is 436 g/mol. The fourth-order valence-corrected chi connectivity index (χ4v) is 5.98. The molecule has 0 aromatic heterocycles. The highest BCUT2D eigenvalue weighted by Gasteiger charge is 2.37. The Morgan fingerprint density at radius 3 is 1.00 bits per heavy atom. The number of hydrogen-bond donors (Lipinski definition) is 1. The van der Waals surface area contributed by atoms with Crippen molar-refractivity contribution in [2.75, 3.05) is 0 Å². The van der Waals surface area contributed by atoms with Gasteiger partial charge in [-0.15, -0.1) is 0 Å². The van der Waals surface area contributed by atoms with Crippen molar-refractivity contribution in [1.29, 1.82) is 0 Å². The van der Waals surface area contributed by atoms with Crippen LogP contribution in [0.25, 0.3) is 21.2 Å². The Hall–Kier alpha value is -3.89. The van der Waals surface area contributed by atoms with Crippen LogP contribution in [-0.2, 0) is 9.84 Å². The molecule has 4 aromatic rings. The van der Waals surface area contributed by atoms with E-state index in [-0.39, 0.29) is 9.81 Å². The van der Waals surface area contributed by atoms with Crippen molar-refractivity contribution < 1.29 is 8.42 Å². The lowest BCUT2D eigenvalue weighted by atomic mass is 10.0. The van der Waals surface area contributed by atoms with Crippen LogP contribution in [0, 0.1) is 0 Å². The van der Waals surface area contributed by atoms with Gasteiger partial charge in [-0.1, -0.05) is 121 Å². The molecular weight excluding hydrogens is 414 g/mol. The van der Waals surface area contributed by atoms with Crippen LogP contribution in [0.5, 0.6) is 0 Å². The van der Waals surface area contributed by atoms with Gasteiger partial charge in [0.25, 0.3) is 0 Å². The monoisotopic (exact) mass is 435 g/mol. The smallest absolute Gasteiger partial charge is 0.211 e. The first-order valence-corrected chi connectivity index (χ1v) is 11.9. The van der Waals surface area contributed by atoms with Crippen LogP contribution in [-0.4, -0.2) is 8.42 Å². The molecule has 32 heavy (non-hydrogen) atoms. The van der Waals surface area contributed by atoms with E-state index in [0.717, 1.165) is 11.1 Å². The van der Waals surface area contributed by atoms with Crippen molar-refractivity contribution >= 4 is 31.0 Å². The quantitative estimate of drug-likeness (QED) is 0.424. The van der Waals surface area contributed by atoms with Crippen LogP contribution in [0.3, 0.4) is 0 Å². The van der Waals surface area contributed by atoms with Gasteiger partial charge in [0.1, 0.15) is 9.81 Å². The summed E-state index contributed by atoms with van der Waals surface area (Å²) in [5.41, 5.74) is 4.09. The molecule has 4 aromatic carbocycles. The van der Waals surface area contributed by atoms with Gasteiger partial charge in [0.15, 0.2) is 0 Å². The van der Waals surface area contributed by atoms with Gasteiger partial charge in [-0.3, -0.25) is 0 Å². The molecule has 4 heteroatoms. The van der Waals surface area contributed by atoms with E-state index in [2.05, 4.69) is 5.32 Å². The summed E-state index contributed by atoms with van der Waals surface area (Å²) in [6.07, 6.45) is 0. The fourth-order valence-electron chi connectivity index (χ4n) is 4.00. The van der Waals surface area contributed by atoms with E-state index in [1.807, 2.05) is 121 Å². The lowest BCUT2D eigenvalue weighted by Gasteiger charge is -2.28. The molecule has 0 spiro atoms. The Kier molecular flexibility index (Phi) is 5.21. The van der Waals surface area contributed by atoms with E-state index in [4.69, 9.17) is 0 Å². The Morgan fingerprint density at radius 1 is 0.406 bits per heavy atom. The summed E-state index contributed by atoms with van der Waals surface area (Å²) < 4.78 is 28.7. The molecule has 1 aliphatic rings. The Bertz CT molecular complexity index is 1300. The minimum Gasteiger partial charge on any atom is -0.352 e. The molecule has 0 amide bonds. The second-order valence-electron chi connectivity index (χ2n) is 7.50. The number of benzene rings is 4. The summed E-state index contributed by atoms with van der Waals surface area (Å²) in [6.45, 7) is 0. The zero-order chi connectivity index (χ0) is 22.0. The zero-order valence-corrected chi connectivity index (χ0v) is 18.1. The summed E-state index contributed by atoms with van der Waals surface area (Å²) in [5.74, 6) is 0. The summed E-state index contributed by atoms with van der Waals surface area (Å²) in [6, 6.07) is 37.8. The van der Waals surface area contributed by atoms with E-state index in [1.165, 1.54) is 0 Å². The molecule has 1 heterocycles. The first-order chi connectivity index (χ1) is 15.7. The van der Waals surface area contributed by atoms with E-state index in [9.17, 15) is 8.42 Å². The molecule has 3 nitrogen and oxygen atoms in total. The topological polar surface area (TPSA) is 46.2 Å². The van der Waals surface area contributed by atoms with Gasteiger partial charge in [0, 0.05) is 0 Å². The van der Waals surface area contributed by atoms with Crippen LogP contribution < -0.4 is 5.32 Å². The van der Waals surface area contributed by atoms with Crippen molar-refractivity contribution in [3.8, 4) is 0 Å². The van der Waals surface area contributed by atoms with Gasteiger partial charge in [0.05, 0.1) is 11.4 Å². The van der Waals surface area contributed by atoms with Crippen molar-refractivity contribution in [2.45, 2.75) is 0 Å². The summed E-state index contributed by atoms with van der Waals surface area (Å²) in [7, 11) is -3.87. The van der Waals surface area contributed by atoms with Gasteiger partial charge >= 0.3 is 0 Å². The molecule has 1 aliphatic heterocycles. The summed E-state index contributed by atoms with van der Waals surface area (Å²) >= 11 is 0. The second-order valence-corrected chi connectivity index (χ2v) is 9.32. The molecule has 0 fully saturated rings. The third kappa shape index (κ3) is 3.55. The molecule has 1 N–H and O–H groups in total. The largest absolute Gasteiger partial charge is 0.352 e. The Morgan fingerprint density at radius 2 is 0.688 bits per heavy atom. The first-order valence-electron chi connectivity index (χ1n) is 10.4. The predicted molar refractivity (Wildman–Crippen MR) is 131 cm³/mol. The van der Waals surface area contributed by atoms with Crippen molar-refractivity contribution in [3.63, 3.8) is 0 Å². The minimum atomic E-state index is -3.87. The van der Waals surface area contributed by atoms with Gasteiger partial charge in [-0.2, -0.15) is 0 Å². The summed E-state index contributed by atoms with van der Waals surface area (Å²) in [4.78, 5) is 0.561. The number of sulfone groups is 1. The second kappa shape index (κ2) is 8.33. The third-order valence-corrected chi connectivity index (χ3v) is 7.39. The normalized spacial score (nSPS) is 15.4. The maximum absolute atomic E-state index is 14.3. The highest BCUT2D eigenvalue weighted by Crippen LogP contribution is 2.44. The van der Waals surface area contributed by atoms with Gasteiger partial charge < -0.3 is 5.32 Å². The molecule has 0 unspecified atom stereocenters. The molecule has 0 bridgehead atoms. The molecule has 0 radical (unpaired) electrons. The number of rotatable bonds is 4. The fraction of sp³-hybridized carbons (Fsp3) is 0. The lowest BCUT2D eigenvalue weighted by Crippen LogP contribution is -2.25. The zero-order valence-electron chi connectivity index (χ0n) is 17.3. The minimum absolute atomic E-state index is 0.280. The average Bonchev–Trinajstić information content (AvgIpc) is 2.85. The van der Waals surface area contributed by atoms with Crippen LogP contribution in [0.1, 0.15) is 22.3 Å². The van der Waals surface area contributed by atoms with Crippen LogP contribution in [0.4, 0.5) is 0 Å². The molecule has 156 valence electrons. The van der Waals surface area contributed by atoms with Crippen LogP contribution in [0.15, 0.2) is 121 Å². The van der Waals surface area contributed by atoms with E-state index in [0.29, 0.717) is 22.5 Å². The lowest BCUT2D eigenvalue weighted by molar-refractivity contribution is 0.614. The van der Waals surface area contributed by atoms with Gasteiger partial charge in [-0.05, 0) is 22.3 Å². The van der Waals surface area contributed by atoms with E-state index >= 15 is 0 Å². The molecule has 5 rings (SSSR count). The summed E-state index contributed by atoms with van der Waals surface area (Å²) in [5, 5.41) is 3.52. The van der Waals surface area contributed by atoms with Crippen molar-refractivity contribution in [3.05, 3.63) is 144 Å². The van der Waals surface area contributed by atoms with Crippen LogP contribution in [0.2, 0.25) is 0 Å². The van der Waals surface area contributed by atoms with E-state index in [1.54, 1.807) is 0 Å². The van der Waals surface area contributed by atoms with Crippen molar-refractivity contribution in [2.24, 2.45) is 0 Å². The number of hydrogen-bond acceptors (Lipinski definition) is 3. The Labute approximate surface area is 188 Å². The first kappa shape index (κ1) is 20.0. The Balaban J connectivity index is 1.86. The van der Waals surface area contributed by atoms with E-state index < -0.39 is 9.84 Å². The van der Waals surface area contributed by atoms with Gasteiger partial charge in [-0.25, -0.2) is 8.42 Å². The number of nitrogens with one attached hydrogen (secondary N) is 1. The van der Waals surface area contributed by atoms with Gasteiger partial charge in [0.2, 0.25) is 9.84 Å². The van der Waals surface area contributed by atoms with Crippen molar-refractivity contribution in [1.82, 2.24) is 5.32 Å². The molecule has 0 saturated carbocycles. The highest BCUT2D eigenvalue weighted by molar-refractivity contribution is 8.09. The maximum Gasteiger partial charge on any atom is 0.211 e. The third-order valence-electron chi connectivity index (χ3n) is 5.44. The molecule has 0 aliphatic carbocycles.